The molecule has 1 N–H and O–H groups in total. The molecular formula is C17H28N2O. The van der Waals surface area contributed by atoms with Gasteiger partial charge in [-0.05, 0) is 24.3 Å². The summed E-state index contributed by atoms with van der Waals surface area (Å²) in [7, 11) is 0. The van der Waals surface area contributed by atoms with Crippen LogP contribution in [0, 0.1) is 18.8 Å². The number of carbonyl (C=O) groups excluding carboxylic acids is 1. The molecule has 2 amide bonds. The molecule has 1 rings (SSSR count). The van der Waals surface area contributed by atoms with Gasteiger partial charge in [0.1, 0.15) is 0 Å². The second-order valence-electron chi connectivity index (χ2n) is 6.34. The zero-order chi connectivity index (χ0) is 15.1. The molecular weight excluding hydrogens is 248 g/mol. The average molecular weight is 276 g/mol. The molecule has 0 radical (unpaired) electrons. The highest BCUT2D eigenvalue weighted by molar-refractivity contribution is 5.74. The van der Waals surface area contributed by atoms with E-state index in [4.69, 9.17) is 0 Å². The summed E-state index contributed by atoms with van der Waals surface area (Å²) in [6.07, 6.45) is 0. The zero-order valence-corrected chi connectivity index (χ0v) is 13.4. The van der Waals surface area contributed by atoms with Crippen LogP contribution in [0.1, 0.15) is 38.8 Å². The van der Waals surface area contributed by atoms with Gasteiger partial charge in [-0.3, -0.25) is 0 Å². The lowest BCUT2D eigenvalue weighted by Gasteiger charge is -2.26. The number of carbonyl (C=O) groups is 1. The quantitative estimate of drug-likeness (QED) is 0.841. The maximum Gasteiger partial charge on any atom is 0.317 e. The van der Waals surface area contributed by atoms with Gasteiger partial charge in [-0.15, -0.1) is 0 Å². The van der Waals surface area contributed by atoms with Gasteiger partial charge in [0.15, 0.2) is 0 Å². The Morgan fingerprint density at radius 1 is 1.15 bits per heavy atom. The standard InChI is InChI=1S/C17H28N2O/c1-13(2)11-19(12-14(3)4)17(20)18-10-16-8-6-7-15(5)9-16/h6-9,13-14H,10-12H2,1-5H3,(H,18,20). The average Bonchev–Trinajstić information content (AvgIpc) is 2.34. The molecule has 20 heavy (non-hydrogen) atoms. The van der Waals surface area contributed by atoms with Crippen LogP contribution in [-0.2, 0) is 6.54 Å². The minimum Gasteiger partial charge on any atom is -0.334 e. The summed E-state index contributed by atoms with van der Waals surface area (Å²) in [5.41, 5.74) is 2.37. The molecule has 0 fully saturated rings. The van der Waals surface area contributed by atoms with Crippen LogP contribution in [-0.4, -0.2) is 24.0 Å². The fourth-order valence-electron chi connectivity index (χ4n) is 2.23. The molecule has 0 aliphatic heterocycles. The van der Waals surface area contributed by atoms with Gasteiger partial charge in [0, 0.05) is 19.6 Å². The Morgan fingerprint density at radius 3 is 2.25 bits per heavy atom. The predicted octanol–water partition coefficient (Wildman–Crippen LogP) is 3.82. The molecule has 0 aliphatic rings. The fourth-order valence-corrected chi connectivity index (χ4v) is 2.23. The first kappa shape index (κ1) is 16.5. The van der Waals surface area contributed by atoms with Gasteiger partial charge in [-0.25, -0.2) is 4.79 Å². The molecule has 1 aromatic rings. The molecule has 0 unspecified atom stereocenters. The Labute approximate surface area is 123 Å². The van der Waals surface area contributed by atoms with Crippen molar-refractivity contribution < 1.29 is 4.79 Å². The number of hydrogen-bond acceptors (Lipinski definition) is 1. The lowest BCUT2D eigenvalue weighted by atomic mass is 10.1. The highest BCUT2D eigenvalue weighted by Gasteiger charge is 2.15. The number of rotatable bonds is 6. The smallest absolute Gasteiger partial charge is 0.317 e. The van der Waals surface area contributed by atoms with Crippen LogP contribution in [0.15, 0.2) is 24.3 Å². The molecule has 1 aromatic carbocycles. The molecule has 0 spiro atoms. The van der Waals surface area contributed by atoms with Gasteiger partial charge in [0.05, 0.1) is 0 Å². The minimum atomic E-state index is 0.0360. The van der Waals surface area contributed by atoms with Gasteiger partial charge in [0.25, 0.3) is 0 Å². The third kappa shape index (κ3) is 6.09. The van der Waals surface area contributed by atoms with Gasteiger partial charge >= 0.3 is 6.03 Å². The van der Waals surface area contributed by atoms with E-state index < -0.39 is 0 Å². The monoisotopic (exact) mass is 276 g/mol. The van der Waals surface area contributed by atoms with Gasteiger partial charge in [-0.2, -0.15) is 0 Å². The lowest BCUT2D eigenvalue weighted by molar-refractivity contribution is 0.183. The first-order valence-electron chi connectivity index (χ1n) is 7.46. The van der Waals surface area contributed by atoms with Crippen molar-refractivity contribution in [2.24, 2.45) is 11.8 Å². The SMILES string of the molecule is Cc1cccc(CNC(=O)N(CC(C)C)CC(C)C)c1. The van der Waals surface area contributed by atoms with Gasteiger partial charge in [-0.1, -0.05) is 57.5 Å². The number of nitrogens with zero attached hydrogens (tertiary/aromatic N) is 1. The lowest BCUT2D eigenvalue weighted by Crippen LogP contribution is -2.43. The molecule has 0 aliphatic carbocycles. The van der Waals surface area contributed by atoms with Crippen LogP contribution >= 0.6 is 0 Å². The van der Waals surface area contributed by atoms with E-state index in [0.29, 0.717) is 18.4 Å². The third-order valence-corrected chi connectivity index (χ3v) is 2.98. The number of hydrogen-bond donors (Lipinski definition) is 1. The molecule has 0 saturated carbocycles. The van der Waals surface area contributed by atoms with E-state index in [2.05, 4.69) is 52.1 Å². The Bertz CT molecular complexity index is 417. The van der Waals surface area contributed by atoms with Crippen LogP contribution in [0.3, 0.4) is 0 Å². The van der Waals surface area contributed by atoms with Crippen LogP contribution < -0.4 is 5.32 Å². The highest BCUT2D eigenvalue weighted by atomic mass is 16.2. The predicted molar refractivity (Wildman–Crippen MR) is 84.7 cm³/mol. The number of aryl methyl sites for hydroxylation is 1. The second kappa shape index (κ2) is 7.93. The summed E-state index contributed by atoms with van der Waals surface area (Å²) in [6.45, 7) is 12.8. The molecule has 0 saturated heterocycles. The van der Waals surface area contributed by atoms with E-state index in [1.165, 1.54) is 5.56 Å². The molecule has 0 heterocycles. The Hall–Kier alpha value is -1.51. The number of urea groups is 1. The molecule has 112 valence electrons. The highest BCUT2D eigenvalue weighted by Crippen LogP contribution is 2.06. The van der Waals surface area contributed by atoms with Gasteiger partial charge < -0.3 is 10.2 Å². The molecule has 0 atom stereocenters. The van der Waals surface area contributed by atoms with E-state index in [1.807, 2.05) is 17.0 Å². The summed E-state index contributed by atoms with van der Waals surface area (Å²) < 4.78 is 0. The van der Waals surface area contributed by atoms with Crippen molar-refractivity contribution in [2.75, 3.05) is 13.1 Å². The summed E-state index contributed by atoms with van der Waals surface area (Å²) in [5, 5.41) is 3.02. The number of benzene rings is 1. The van der Waals surface area contributed by atoms with Crippen molar-refractivity contribution in [1.82, 2.24) is 10.2 Å². The fraction of sp³-hybridized carbons (Fsp3) is 0.588. The van der Waals surface area contributed by atoms with Crippen molar-refractivity contribution >= 4 is 6.03 Å². The third-order valence-electron chi connectivity index (χ3n) is 2.98. The second-order valence-corrected chi connectivity index (χ2v) is 6.34. The van der Waals surface area contributed by atoms with E-state index in [1.54, 1.807) is 0 Å². The van der Waals surface area contributed by atoms with Crippen LogP contribution in [0.5, 0.6) is 0 Å². The van der Waals surface area contributed by atoms with E-state index in [0.717, 1.165) is 18.7 Å². The van der Waals surface area contributed by atoms with Crippen molar-refractivity contribution in [3.8, 4) is 0 Å². The zero-order valence-electron chi connectivity index (χ0n) is 13.4. The summed E-state index contributed by atoms with van der Waals surface area (Å²) >= 11 is 0. The first-order valence-corrected chi connectivity index (χ1v) is 7.46. The van der Waals surface area contributed by atoms with E-state index in [9.17, 15) is 4.79 Å². The maximum atomic E-state index is 12.3. The normalized spacial score (nSPS) is 10.9. The summed E-state index contributed by atoms with van der Waals surface area (Å²) in [6, 6.07) is 8.28. The van der Waals surface area contributed by atoms with Crippen LogP contribution in [0.25, 0.3) is 0 Å². The molecule has 0 bridgehead atoms. The van der Waals surface area contributed by atoms with Crippen LogP contribution in [0.4, 0.5) is 4.79 Å². The van der Waals surface area contributed by atoms with Crippen molar-refractivity contribution in [1.29, 1.82) is 0 Å². The topological polar surface area (TPSA) is 32.3 Å². The molecule has 0 aromatic heterocycles. The largest absolute Gasteiger partial charge is 0.334 e. The Kier molecular flexibility index (Phi) is 6.56. The Balaban J connectivity index is 2.57. The van der Waals surface area contributed by atoms with Crippen molar-refractivity contribution in [3.63, 3.8) is 0 Å². The van der Waals surface area contributed by atoms with Crippen LogP contribution in [0.2, 0.25) is 0 Å². The summed E-state index contributed by atoms with van der Waals surface area (Å²) in [5.74, 6) is 0.969. The molecule has 3 nitrogen and oxygen atoms in total. The van der Waals surface area contributed by atoms with E-state index >= 15 is 0 Å². The number of amides is 2. The molecule has 3 heteroatoms. The number of nitrogens with one attached hydrogen (secondary N) is 1. The first-order chi connectivity index (χ1) is 9.38. The maximum absolute atomic E-state index is 12.3. The van der Waals surface area contributed by atoms with Gasteiger partial charge in [0.2, 0.25) is 0 Å². The Morgan fingerprint density at radius 2 is 1.75 bits per heavy atom. The summed E-state index contributed by atoms with van der Waals surface area (Å²) in [4.78, 5) is 14.2. The van der Waals surface area contributed by atoms with Crippen molar-refractivity contribution in [3.05, 3.63) is 35.4 Å². The minimum absolute atomic E-state index is 0.0360. The van der Waals surface area contributed by atoms with E-state index in [-0.39, 0.29) is 6.03 Å². The van der Waals surface area contributed by atoms with Crippen molar-refractivity contribution in [2.45, 2.75) is 41.2 Å².